The second-order valence-electron chi connectivity index (χ2n) is 5.48. The highest BCUT2D eigenvalue weighted by Crippen LogP contribution is 2.24. The molecule has 0 unspecified atom stereocenters. The first-order chi connectivity index (χ1) is 11.5. The summed E-state index contributed by atoms with van der Waals surface area (Å²) in [7, 11) is 0. The van der Waals surface area contributed by atoms with E-state index in [0.29, 0.717) is 13.1 Å². The van der Waals surface area contributed by atoms with Gasteiger partial charge < -0.3 is 10.6 Å². The third-order valence-corrected chi connectivity index (χ3v) is 3.84. The van der Waals surface area contributed by atoms with Gasteiger partial charge in [0, 0.05) is 12.6 Å². The summed E-state index contributed by atoms with van der Waals surface area (Å²) in [5.74, 6) is 1.60. The van der Waals surface area contributed by atoms with Gasteiger partial charge in [0.25, 0.3) is 0 Å². The maximum atomic E-state index is 11.5. The summed E-state index contributed by atoms with van der Waals surface area (Å²) < 4.78 is 1.80. The number of hydrogen-bond acceptors (Lipinski definition) is 6. The number of amides is 1. The van der Waals surface area contributed by atoms with E-state index in [2.05, 4.69) is 46.5 Å². The van der Waals surface area contributed by atoms with Crippen LogP contribution in [-0.4, -0.2) is 44.0 Å². The maximum Gasteiger partial charge on any atom is 0.243 e. The zero-order chi connectivity index (χ0) is 17.5. The van der Waals surface area contributed by atoms with Crippen LogP contribution in [0.3, 0.4) is 0 Å². The second-order valence-corrected chi connectivity index (χ2v) is 6.71. The Morgan fingerprint density at radius 3 is 2.88 bits per heavy atom. The highest BCUT2D eigenvalue weighted by molar-refractivity contribution is 7.99. The Hall–Kier alpha value is -2.09. The fourth-order valence-electron chi connectivity index (χ4n) is 2.17. The smallest absolute Gasteiger partial charge is 0.243 e. The molecule has 0 atom stereocenters. The number of thioether (sulfide) groups is 1. The Labute approximate surface area is 146 Å². The predicted octanol–water partition coefficient (Wildman–Crippen LogP) is 2.45. The summed E-state index contributed by atoms with van der Waals surface area (Å²) in [5, 5.41) is 12.2. The fourth-order valence-corrected chi connectivity index (χ4v) is 2.74. The summed E-state index contributed by atoms with van der Waals surface area (Å²) in [6, 6.07) is 0.269. The summed E-state index contributed by atoms with van der Waals surface area (Å²) in [5.41, 5.74) is 0.782. The number of anilines is 1. The van der Waals surface area contributed by atoms with Crippen LogP contribution < -0.4 is 10.6 Å². The molecule has 1 amide bonds. The zero-order valence-corrected chi connectivity index (χ0v) is 15.4. The van der Waals surface area contributed by atoms with Crippen molar-refractivity contribution in [3.63, 3.8) is 0 Å². The molecular weight excluding hydrogens is 324 g/mol. The van der Waals surface area contributed by atoms with Gasteiger partial charge in [0.1, 0.15) is 5.82 Å². The maximum absolute atomic E-state index is 11.5. The van der Waals surface area contributed by atoms with E-state index < -0.39 is 0 Å². The Morgan fingerprint density at radius 2 is 2.21 bits per heavy atom. The minimum absolute atomic E-state index is 0.104. The molecule has 24 heavy (non-hydrogen) atoms. The van der Waals surface area contributed by atoms with Crippen LogP contribution in [0.5, 0.6) is 0 Å². The first kappa shape index (κ1) is 18.3. The number of carbonyl (C=O) groups is 1. The molecule has 0 aliphatic heterocycles. The summed E-state index contributed by atoms with van der Waals surface area (Å²) in [6.07, 6.45) is 4.99. The van der Waals surface area contributed by atoms with Crippen LogP contribution in [0.4, 0.5) is 5.82 Å². The lowest BCUT2D eigenvalue weighted by molar-refractivity contribution is -0.116. The molecule has 0 aromatic carbocycles. The molecule has 0 saturated heterocycles. The van der Waals surface area contributed by atoms with Crippen molar-refractivity contribution in [3.05, 3.63) is 18.3 Å². The number of allylic oxidation sites excluding steroid dienone is 1. The number of nitrogens with zero attached hydrogens (tertiary/aromatic N) is 4. The van der Waals surface area contributed by atoms with E-state index in [-0.39, 0.29) is 11.9 Å². The Kier molecular flexibility index (Phi) is 6.60. The molecule has 2 aromatic heterocycles. The first-order valence-corrected chi connectivity index (χ1v) is 9.07. The molecular formula is C16H24N6OS. The molecule has 2 heterocycles. The van der Waals surface area contributed by atoms with Gasteiger partial charge in [0.15, 0.2) is 10.8 Å². The highest BCUT2D eigenvalue weighted by atomic mass is 32.2. The van der Waals surface area contributed by atoms with Gasteiger partial charge in [-0.25, -0.2) is 14.6 Å². The van der Waals surface area contributed by atoms with Crippen molar-refractivity contribution in [2.75, 3.05) is 17.6 Å². The van der Waals surface area contributed by atoms with Gasteiger partial charge in [-0.2, -0.15) is 5.10 Å². The summed E-state index contributed by atoms with van der Waals surface area (Å²) >= 11 is 1.60. The second kappa shape index (κ2) is 8.68. The van der Waals surface area contributed by atoms with E-state index in [1.54, 1.807) is 28.7 Å². The van der Waals surface area contributed by atoms with Crippen LogP contribution in [0.15, 0.2) is 23.5 Å². The number of rotatable bonds is 8. The highest BCUT2D eigenvalue weighted by Gasteiger charge is 2.13. The molecule has 0 aliphatic carbocycles. The van der Waals surface area contributed by atoms with Crippen LogP contribution in [0.25, 0.3) is 11.0 Å². The predicted molar refractivity (Wildman–Crippen MR) is 98.3 cm³/mol. The summed E-state index contributed by atoms with van der Waals surface area (Å²) in [6.45, 7) is 9.08. The van der Waals surface area contributed by atoms with Crippen LogP contribution in [0, 0.1) is 0 Å². The zero-order valence-electron chi connectivity index (χ0n) is 14.5. The lowest BCUT2D eigenvalue weighted by Gasteiger charge is -2.11. The van der Waals surface area contributed by atoms with E-state index >= 15 is 0 Å². The van der Waals surface area contributed by atoms with Crippen molar-refractivity contribution < 1.29 is 4.79 Å². The van der Waals surface area contributed by atoms with Crippen LogP contribution in [-0.2, 0) is 11.3 Å². The molecule has 0 aliphatic rings. The first-order valence-electron chi connectivity index (χ1n) is 8.08. The van der Waals surface area contributed by atoms with Gasteiger partial charge in [0.2, 0.25) is 5.91 Å². The topological polar surface area (TPSA) is 84.7 Å². The Morgan fingerprint density at radius 1 is 1.42 bits per heavy atom. The standard InChI is InChI=1S/C16H24N6OS/c1-5-7-13(23)17-8-9-22-15-12(10-18-22)14(19-11(3)4)20-16(21-15)24-6-2/h5,7,10-11H,6,8-9H2,1-4H3,(H,17,23)(H,19,20,21)/b7-5-. The van der Waals surface area contributed by atoms with Crippen molar-refractivity contribution in [3.8, 4) is 0 Å². The van der Waals surface area contributed by atoms with E-state index in [1.165, 1.54) is 6.08 Å². The van der Waals surface area contributed by atoms with Gasteiger partial charge in [0.05, 0.1) is 18.1 Å². The van der Waals surface area contributed by atoms with Gasteiger partial charge in [-0.05, 0) is 32.6 Å². The SMILES string of the molecule is C/C=C\C(=O)NCCn1ncc2c(NC(C)C)nc(SCC)nc21. The van der Waals surface area contributed by atoms with Crippen molar-refractivity contribution in [2.45, 2.75) is 45.4 Å². The molecule has 2 N–H and O–H groups in total. The quantitative estimate of drug-likeness (QED) is 0.433. The minimum atomic E-state index is -0.104. The molecule has 2 rings (SSSR count). The van der Waals surface area contributed by atoms with Crippen molar-refractivity contribution in [1.82, 2.24) is 25.1 Å². The van der Waals surface area contributed by atoms with Gasteiger partial charge >= 0.3 is 0 Å². The molecule has 0 fully saturated rings. The van der Waals surface area contributed by atoms with Crippen LogP contribution >= 0.6 is 11.8 Å². The van der Waals surface area contributed by atoms with Crippen LogP contribution in [0.1, 0.15) is 27.7 Å². The Balaban J connectivity index is 2.24. The normalized spacial score (nSPS) is 11.5. The average molecular weight is 348 g/mol. The van der Waals surface area contributed by atoms with Gasteiger partial charge in [-0.1, -0.05) is 24.8 Å². The van der Waals surface area contributed by atoms with E-state index in [1.807, 2.05) is 6.92 Å². The third-order valence-electron chi connectivity index (χ3n) is 3.12. The van der Waals surface area contributed by atoms with E-state index in [4.69, 9.17) is 0 Å². The average Bonchev–Trinajstić information content (AvgIpc) is 2.91. The monoisotopic (exact) mass is 348 g/mol. The lowest BCUT2D eigenvalue weighted by atomic mass is 10.3. The lowest BCUT2D eigenvalue weighted by Crippen LogP contribution is -2.25. The molecule has 8 heteroatoms. The van der Waals surface area contributed by atoms with Crippen molar-refractivity contribution in [2.24, 2.45) is 0 Å². The number of fused-ring (bicyclic) bond motifs is 1. The van der Waals surface area contributed by atoms with Crippen LogP contribution in [0.2, 0.25) is 0 Å². The molecule has 0 bridgehead atoms. The fraction of sp³-hybridized carbons (Fsp3) is 0.500. The molecule has 0 saturated carbocycles. The number of carbonyl (C=O) groups excluding carboxylic acids is 1. The number of hydrogen-bond donors (Lipinski definition) is 2. The molecule has 2 aromatic rings. The Bertz CT molecular complexity index is 725. The summed E-state index contributed by atoms with van der Waals surface area (Å²) in [4.78, 5) is 20.7. The van der Waals surface area contributed by atoms with Crippen molar-refractivity contribution >= 4 is 34.5 Å². The molecule has 130 valence electrons. The van der Waals surface area contributed by atoms with Crippen molar-refractivity contribution in [1.29, 1.82) is 0 Å². The minimum Gasteiger partial charge on any atom is -0.367 e. The number of aromatic nitrogens is 4. The molecule has 0 radical (unpaired) electrons. The van der Waals surface area contributed by atoms with E-state index in [9.17, 15) is 4.79 Å². The van der Waals surface area contributed by atoms with E-state index in [0.717, 1.165) is 27.8 Å². The molecule has 7 nitrogen and oxygen atoms in total. The third kappa shape index (κ3) is 4.70. The molecule has 0 spiro atoms. The number of nitrogens with one attached hydrogen (secondary N) is 2. The van der Waals surface area contributed by atoms with Gasteiger partial charge in [-0.15, -0.1) is 0 Å². The largest absolute Gasteiger partial charge is 0.367 e. The van der Waals surface area contributed by atoms with Gasteiger partial charge in [-0.3, -0.25) is 4.79 Å².